The molecule has 0 saturated heterocycles. The molecule has 0 radical (unpaired) electrons. The number of nitrogens with one attached hydrogen (secondary N) is 1. The summed E-state index contributed by atoms with van der Waals surface area (Å²) in [6, 6.07) is 3.92. The second kappa shape index (κ2) is 10.4. The van der Waals surface area contributed by atoms with Crippen molar-refractivity contribution >= 4 is 11.8 Å². The van der Waals surface area contributed by atoms with Gasteiger partial charge < -0.3 is 5.41 Å². The fourth-order valence-corrected chi connectivity index (χ4v) is 1.52. The molecule has 2 heteroatoms. The maximum absolute atomic E-state index is 7.43. The van der Waals surface area contributed by atoms with E-state index in [1.807, 2.05) is 45.9 Å². The largest absolute Gasteiger partial charge is 0.305 e. The molecule has 0 spiro atoms. The van der Waals surface area contributed by atoms with E-state index >= 15 is 0 Å². The van der Waals surface area contributed by atoms with Crippen LogP contribution in [0.3, 0.4) is 0 Å². The van der Waals surface area contributed by atoms with Crippen LogP contribution in [0.15, 0.2) is 23.9 Å². The van der Waals surface area contributed by atoms with E-state index in [0.717, 1.165) is 22.7 Å². The summed E-state index contributed by atoms with van der Waals surface area (Å²) in [5, 5.41) is 7.43. The first-order chi connectivity index (χ1) is 9.54. The Balaban J connectivity index is 0.000000427. The first-order valence-electron chi connectivity index (χ1n) is 7.70. The lowest BCUT2D eigenvalue weighted by Crippen LogP contribution is -1.91. The monoisotopic (exact) mass is 274 g/mol. The van der Waals surface area contributed by atoms with Gasteiger partial charge in [0, 0.05) is 17.6 Å². The molecule has 2 nitrogen and oxygen atoms in total. The van der Waals surface area contributed by atoms with Crippen LogP contribution in [-0.4, -0.2) is 10.7 Å². The SMILES string of the molecule is CC.CC(=N)/C(C)=C/c1cccnc1C.CCC1CC1. The highest BCUT2D eigenvalue weighted by atomic mass is 14.7. The molecule has 0 aromatic carbocycles. The van der Waals surface area contributed by atoms with E-state index in [4.69, 9.17) is 5.41 Å². The van der Waals surface area contributed by atoms with E-state index in [1.165, 1.54) is 19.3 Å². The lowest BCUT2D eigenvalue weighted by atomic mass is 10.1. The second-order valence-electron chi connectivity index (χ2n) is 4.98. The second-order valence-corrected chi connectivity index (χ2v) is 4.98. The average molecular weight is 274 g/mol. The smallest absolute Gasteiger partial charge is 0.0444 e. The van der Waals surface area contributed by atoms with Crippen molar-refractivity contribution in [1.29, 1.82) is 5.41 Å². The molecule has 1 aliphatic carbocycles. The Kier molecular flexibility index (Phi) is 9.61. The van der Waals surface area contributed by atoms with E-state index in [0.29, 0.717) is 5.71 Å². The van der Waals surface area contributed by atoms with Crippen LogP contribution in [0.25, 0.3) is 6.08 Å². The summed E-state index contributed by atoms with van der Waals surface area (Å²) in [5.74, 6) is 1.13. The molecule has 0 aliphatic heterocycles. The van der Waals surface area contributed by atoms with Crippen molar-refractivity contribution in [2.75, 3.05) is 0 Å². The molecule has 1 aliphatic rings. The third-order valence-electron chi connectivity index (χ3n) is 3.29. The number of hydrogen-bond donors (Lipinski definition) is 1. The van der Waals surface area contributed by atoms with Gasteiger partial charge in [-0.1, -0.05) is 46.1 Å². The minimum Gasteiger partial charge on any atom is -0.305 e. The molecule has 0 amide bonds. The van der Waals surface area contributed by atoms with E-state index < -0.39 is 0 Å². The first kappa shape index (κ1) is 18.6. The lowest BCUT2D eigenvalue weighted by molar-refractivity contribution is 0.799. The van der Waals surface area contributed by atoms with Crippen LogP contribution in [-0.2, 0) is 0 Å². The summed E-state index contributed by atoms with van der Waals surface area (Å²) in [5.41, 5.74) is 3.68. The third-order valence-corrected chi connectivity index (χ3v) is 3.29. The van der Waals surface area contributed by atoms with Gasteiger partial charge in [0.1, 0.15) is 0 Å². The van der Waals surface area contributed by atoms with Crippen molar-refractivity contribution in [2.24, 2.45) is 5.92 Å². The molecule has 1 N–H and O–H groups in total. The van der Waals surface area contributed by atoms with Gasteiger partial charge >= 0.3 is 0 Å². The number of aryl methyl sites for hydroxylation is 1. The molecule has 1 heterocycles. The zero-order chi connectivity index (χ0) is 15.5. The quantitative estimate of drug-likeness (QED) is 0.709. The van der Waals surface area contributed by atoms with Crippen molar-refractivity contribution in [3.05, 3.63) is 35.2 Å². The van der Waals surface area contributed by atoms with Crippen LogP contribution in [0, 0.1) is 18.3 Å². The highest BCUT2D eigenvalue weighted by molar-refractivity contribution is 5.99. The number of allylic oxidation sites excluding steroid dienone is 1. The maximum atomic E-state index is 7.43. The van der Waals surface area contributed by atoms with Crippen molar-refractivity contribution in [3.8, 4) is 0 Å². The number of pyridine rings is 1. The third kappa shape index (κ3) is 7.88. The molecule has 1 fully saturated rings. The van der Waals surface area contributed by atoms with Crippen molar-refractivity contribution < 1.29 is 0 Å². The van der Waals surface area contributed by atoms with Gasteiger partial charge in [-0.15, -0.1) is 0 Å². The van der Waals surface area contributed by atoms with Gasteiger partial charge in [0.25, 0.3) is 0 Å². The van der Waals surface area contributed by atoms with Crippen LogP contribution >= 0.6 is 0 Å². The van der Waals surface area contributed by atoms with Gasteiger partial charge in [-0.05, 0) is 50.0 Å². The number of rotatable bonds is 3. The Hall–Kier alpha value is -1.44. The molecule has 1 aromatic heterocycles. The predicted molar refractivity (Wildman–Crippen MR) is 90.4 cm³/mol. The normalized spacial score (nSPS) is 13.6. The Morgan fingerprint density at radius 2 is 1.95 bits per heavy atom. The van der Waals surface area contributed by atoms with Crippen LogP contribution in [0.5, 0.6) is 0 Å². The highest BCUT2D eigenvalue weighted by Crippen LogP contribution is 2.31. The van der Waals surface area contributed by atoms with Crippen LogP contribution in [0.2, 0.25) is 0 Å². The van der Waals surface area contributed by atoms with Crippen molar-refractivity contribution in [2.45, 2.75) is 60.8 Å². The molecular weight excluding hydrogens is 244 g/mol. The highest BCUT2D eigenvalue weighted by Gasteiger charge is 2.17. The molecule has 2 rings (SSSR count). The summed E-state index contributed by atoms with van der Waals surface area (Å²) in [6.45, 7) is 12.0. The van der Waals surface area contributed by atoms with Crippen molar-refractivity contribution in [1.82, 2.24) is 4.98 Å². The molecule has 112 valence electrons. The first-order valence-corrected chi connectivity index (χ1v) is 7.70. The van der Waals surface area contributed by atoms with Gasteiger partial charge in [-0.2, -0.15) is 0 Å². The fraction of sp³-hybridized carbons (Fsp3) is 0.556. The van der Waals surface area contributed by atoms with Gasteiger partial charge in [0.2, 0.25) is 0 Å². The molecular formula is C18H30N2. The van der Waals surface area contributed by atoms with E-state index in [1.54, 1.807) is 13.1 Å². The number of aromatic nitrogens is 1. The molecule has 0 atom stereocenters. The standard InChI is InChI=1S/C11H14N2.C5H10.C2H6/c1-8(9(2)12)7-11-5-4-6-13-10(11)3;1-2-5-3-4-5;1-2/h4-7,12H,1-3H3;5H,2-4H2,1H3;1-2H3/b8-7+,12-9?;;. The Bertz CT molecular complexity index is 429. The minimum absolute atomic E-state index is 0.600. The minimum atomic E-state index is 0.600. The summed E-state index contributed by atoms with van der Waals surface area (Å²) in [4.78, 5) is 4.18. The van der Waals surface area contributed by atoms with E-state index in [9.17, 15) is 0 Å². The molecule has 0 bridgehead atoms. The zero-order valence-electron chi connectivity index (χ0n) is 14.0. The fourth-order valence-electron chi connectivity index (χ4n) is 1.52. The van der Waals surface area contributed by atoms with E-state index in [2.05, 4.69) is 11.9 Å². The number of hydrogen-bond acceptors (Lipinski definition) is 2. The molecule has 1 saturated carbocycles. The summed E-state index contributed by atoms with van der Waals surface area (Å²) >= 11 is 0. The Morgan fingerprint density at radius 3 is 2.30 bits per heavy atom. The van der Waals surface area contributed by atoms with Crippen LogP contribution in [0.4, 0.5) is 0 Å². The molecule has 1 aromatic rings. The molecule has 0 unspecified atom stereocenters. The van der Waals surface area contributed by atoms with Gasteiger partial charge in [-0.3, -0.25) is 4.98 Å². The average Bonchev–Trinajstić information content (AvgIpc) is 3.28. The van der Waals surface area contributed by atoms with Crippen molar-refractivity contribution in [3.63, 3.8) is 0 Å². The Labute approximate surface area is 124 Å². The van der Waals surface area contributed by atoms with Gasteiger partial charge in [-0.25, -0.2) is 0 Å². The summed E-state index contributed by atoms with van der Waals surface area (Å²) in [6.07, 6.45) is 8.21. The lowest BCUT2D eigenvalue weighted by Gasteiger charge is -2.00. The van der Waals surface area contributed by atoms with Crippen LogP contribution in [0.1, 0.15) is 65.1 Å². The van der Waals surface area contributed by atoms with Gasteiger partial charge in [0.05, 0.1) is 0 Å². The van der Waals surface area contributed by atoms with E-state index in [-0.39, 0.29) is 0 Å². The number of nitrogens with zero attached hydrogens (tertiary/aromatic N) is 1. The van der Waals surface area contributed by atoms with Gasteiger partial charge in [0.15, 0.2) is 0 Å². The topological polar surface area (TPSA) is 36.7 Å². The van der Waals surface area contributed by atoms with Crippen LogP contribution < -0.4 is 0 Å². The zero-order valence-corrected chi connectivity index (χ0v) is 14.0. The Morgan fingerprint density at radius 1 is 1.35 bits per heavy atom. The summed E-state index contributed by atoms with van der Waals surface area (Å²) in [7, 11) is 0. The molecule has 20 heavy (non-hydrogen) atoms. The maximum Gasteiger partial charge on any atom is 0.0444 e. The predicted octanol–water partition coefficient (Wildman–Crippen LogP) is 5.67. The summed E-state index contributed by atoms with van der Waals surface area (Å²) < 4.78 is 0.